The lowest BCUT2D eigenvalue weighted by molar-refractivity contribution is 0.0681. The average molecular weight is 274 g/mol. The normalized spacial score (nSPS) is 10.0. The highest BCUT2D eigenvalue weighted by Crippen LogP contribution is 2.30. The smallest absolute Gasteiger partial charge is 0.343 e. The van der Waals surface area contributed by atoms with Crippen molar-refractivity contribution in [2.45, 2.75) is 0 Å². The molecule has 2 rings (SSSR count). The van der Waals surface area contributed by atoms with Crippen LogP contribution in [0.1, 0.15) is 20.7 Å². The first-order chi connectivity index (χ1) is 9.49. The molecule has 0 radical (unpaired) electrons. The molecule has 0 aliphatic carbocycles. The van der Waals surface area contributed by atoms with Gasteiger partial charge in [0.05, 0.1) is 5.56 Å². The van der Waals surface area contributed by atoms with Crippen LogP contribution in [0.4, 0.5) is 0 Å². The minimum atomic E-state index is -1.33. The van der Waals surface area contributed by atoms with Crippen LogP contribution in [-0.4, -0.2) is 27.3 Å². The van der Waals surface area contributed by atoms with Crippen LogP contribution in [0.5, 0.6) is 17.2 Å². The Bertz CT molecular complexity index is 660. The highest BCUT2D eigenvalue weighted by Gasteiger charge is 2.17. The van der Waals surface area contributed by atoms with Gasteiger partial charge in [-0.1, -0.05) is 6.07 Å². The summed E-state index contributed by atoms with van der Waals surface area (Å²) in [5.74, 6) is -2.97. The number of aromatic carboxylic acids is 1. The van der Waals surface area contributed by atoms with Gasteiger partial charge >= 0.3 is 11.9 Å². The molecule has 0 aliphatic heterocycles. The second kappa shape index (κ2) is 5.31. The molecule has 2 aromatic rings. The van der Waals surface area contributed by atoms with Crippen LogP contribution < -0.4 is 4.74 Å². The van der Waals surface area contributed by atoms with Gasteiger partial charge in [0.15, 0.2) is 11.5 Å². The van der Waals surface area contributed by atoms with Gasteiger partial charge in [0, 0.05) is 0 Å². The fourth-order valence-corrected chi connectivity index (χ4v) is 1.53. The maximum atomic E-state index is 11.8. The van der Waals surface area contributed by atoms with Crippen molar-refractivity contribution < 1.29 is 29.6 Å². The van der Waals surface area contributed by atoms with Crippen molar-refractivity contribution in [1.82, 2.24) is 0 Å². The van der Waals surface area contributed by atoms with Crippen molar-refractivity contribution in [3.63, 3.8) is 0 Å². The Kier molecular flexibility index (Phi) is 3.56. The van der Waals surface area contributed by atoms with Gasteiger partial charge in [0.2, 0.25) is 0 Å². The van der Waals surface area contributed by atoms with Crippen molar-refractivity contribution in [2.24, 2.45) is 0 Å². The number of benzene rings is 2. The fourth-order valence-electron chi connectivity index (χ4n) is 1.53. The Labute approximate surface area is 113 Å². The molecule has 6 nitrogen and oxygen atoms in total. The number of carboxylic acids is 1. The van der Waals surface area contributed by atoms with Crippen molar-refractivity contribution >= 4 is 11.9 Å². The number of para-hydroxylation sites is 1. The predicted molar refractivity (Wildman–Crippen MR) is 68.1 cm³/mol. The van der Waals surface area contributed by atoms with Crippen molar-refractivity contribution in [2.75, 3.05) is 0 Å². The molecule has 102 valence electrons. The van der Waals surface area contributed by atoms with Gasteiger partial charge in [-0.25, -0.2) is 9.59 Å². The summed E-state index contributed by atoms with van der Waals surface area (Å²) in [4.78, 5) is 22.6. The van der Waals surface area contributed by atoms with E-state index < -0.39 is 17.7 Å². The molecular formula is C14H10O6. The summed E-state index contributed by atoms with van der Waals surface area (Å²) < 4.78 is 4.93. The standard InChI is InChI=1S/C14H10O6/c15-9-6-4-8(5-7-9)14(19)20-11-3-1-2-10(12(11)16)13(17)18/h1-7,15-16H,(H,17,18). The maximum Gasteiger partial charge on any atom is 0.343 e. The molecule has 0 atom stereocenters. The number of carbonyl (C=O) groups is 2. The number of carbonyl (C=O) groups excluding carboxylic acids is 1. The minimum absolute atomic E-state index is 0.00253. The first kappa shape index (κ1) is 13.4. The third kappa shape index (κ3) is 2.69. The molecule has 2 aromatic carbocycles. The summed E-state index contributed by atoms with van der Waals surface area (Å²) in [6, 6.07) is 9.12. The van der Waals surface area contributed by atoms with Crippen LogP contribution in [0, 0.1) is 0 Å². The maximum absolute atomic E-state index is 11.8. The van der Waals surface area contributed by atoms with Crippen molar-refractivity contribution in [3.8, 4) is 17.2 Å². The Balaban J connectivity index is 2.26. The van der Waals surface area contributed by atoms with Crippen LogP contribution >= 0.6 is 0 Å². The van der Waals surface area contributed by atoms with Crippen LogP contribution in [0.2, 0.25) is 0 Å². The zero-order valence-electron chi connectivity index (χ0n) is 10.1. The quantitative estimate of drug-likeness (QED) is 0.584. The van der Waals surface area contributed by atoms with Crippen LogP contribution in [0.3, 0.4) is 0 Å². The van der Waals surface area contributed by atoms with Gasteiger partial charge in [0.25, 0.3) is 0 Å². The second-order valence-corrected chi connectivity index (χ2v) is 3.89. The summed E-state index contributed by atoms with van der Waals surface area (Å²) in [5, 5.41) is 27.7. The van der Waals surface area contributed by atoms with Gasteiger partial charge in [-0.3, -0.25) is 0 Å². The van der Waals surface area contributed by atoms with E-state index in [2.05, 4.69) is 0 Å². The lowest BCUT2D eigenvalue weighted by atomic mass is 10.2. The SMILES string of the molecule is O=C(Oc1cccc(C(=O)O)c1O)c1ccc(O)cc1. The Morgan fingerprint density at radius 2 is 1.60 bits per heavy atom. The Hall–Kier alpha value is -3.02. The zero-order chi connectivity index (χ0) is 14.7. The van der Waals surface area contributed by atoms with Gasteiger partial charge in [0.1, 0.15) is 11.3 Å². The first-order valence-corrected chi connectivity index (χ1v) is 5.55. The molecule has 0 amide bonds. The summed E-state index contributed by atoms with van der Waals surface area (Å²) in [6.07, 6.45) is 0. The molecule has 6 heteroatoms. The lowest BCUT2D eigenvalue weighted by Crippen LogP contribution is -2.09. The second-order valence-electron chi connectivity index (χ2n) is 3.89. The fraction of sp³-hybridized carbons (Fsp3) is 0. The summed E-state index contributed by atoms with van der Waals surface area (Å²) in [6.45, 7) is 0. The number of hydrogen-bond donors (Lipinski definition) is 3. The molecule has 3 N–H and O–H groups in total. The molecule has 0 heterocycles. The summed E-state index contributed by atoms with van der Waals surface area (Å²) in [7, 11) is 0. The number of phenolic OH excluding ortho intramolecular Hbond substituents is 1. The number of hydrogen-bond acceptors (Lipinski definition) is 5. The number of esters is 1. The monoisotopic (exact) mass is 274 g/mol. The molecule has 0 unspecified atom stereocenters. The summed E-state index contributed by atoms with van der Waals surface area (Å²) in [5.41, 5.74) is -0.205. The molecule has 0 bridgehead atoms. The topological polar surface area (TPSA) is 104 Å². The van der Waals surface area contributed by atoms with E-state index in [1.807, 2.05) is 0 Å². The third-order valence-electron chi connectivity index (χ3n) is 2.54. The molecule has 0 spiro atoms. The zero-order valence-corrected chi connectivity index (χ0v) is 10.1. The summed E-state index contributed by atoms with van der Waals surface area (Å²) >= 11 is 0. The van der Waals surface area contributed by atoms with E-state index in [0.717, 1.165) is 0 Å². The molecule has 0 saturated heterocycles. The van der Waals surface area contributed by atoms with E-state index in [4.69, 9.17) is 14.9 Å². The van der Waals surface area contributed by atoms with E-state index in [-0.39, 0.29) is 22.6 Å². The van der Waals surface area contributed by atoms with E-state index in [1.165, 1.54) is 42.5 Å². The van der Waals surface area contributed by atoms with Crippen LogP contribution in [0.25, 0.3) is 0 Å². The van der Waals surface area contributed by atoms with Crippen molar-refractivity contribution in [3.05, 3.63) is 53.6 Å². The number of phenols is 2. The third-order valence-corrected chi connectivity index (χ3v) is 2.54. The van der Waals surface area contributed by atoms with Crippen LogP contribution in [0.15, 0.2) is 42.5 Å². The number of carboxylic acid groups (broad SMARTS) is 1. The molecule has 0 fully saturated rings. The minimum Gasteiger partial charge on any atom is -0.508 e. The average Bonchev–Trinajstić information content (AvgIpc) is 2.41. The van der Waals surface area contributed by atoms with E-state index >= 15 is 0 Å². The number of ether oxygens (including phenoxy) is 1. The van der Waals surface area contributed by atoms with Gasteiger partial charge in [-0.15, -0.1) is 0 Å². The lowest BCUT2D eigenvalue weighted by Gasteiger charge is -2.08. The van der Waals surface area contributed by atoms with E-state index in [9.17, 15) is 14.7 Å². The van der Waals surface area contributed by atoms with Gasteiger partial charge in [-0.05, 0) is 36.4 Å². The predicted octanol–water partition coefficient (Wildman–Crippen LogP) is 2.02. The van der Waals surface area contributed by atoms with Gasteiger partial charge < -0.3 is 20.1 Å². The molecule has 0 saturated carbocycles. The van der Waals surface area contributed by atoms with E-state index in [0.29, 0.717) is 0 Å². The largest absolute Gasteiger partial charge is 0.508 e. The number of aromatic hydroxyl groups is 2. The Morgan fingerprint density at radius 3 is 2.20 bits per heavy atom. The highest BCUT2D eigenvalue weighted by atomic mass is 16.5. The van der Waals surface area contributed by atoms with E-state index in [1.54, 1.807) is 0 Å². The Morgan fingerprint density at radius 1 is 0.950 bits per heavy atom. The highest BCUT2D eigenvalue weighted by molar-refractivity contribution is 5.94. The molecular weight excluding hydrogens is 264 g/mol. The molecule has 0 aliphatic rings. The van der Waals surface area contributed by atoms with Crippen molar-refractivity contribution in [1.29, 1.82) is 0 Å². The molecule has 20 heavy (non-hydrogen) atoms. The first-order valence-electron chi connectivity index (χ1n) is 5.55. The molecule has 0 aromatic heterocycles. The van der Waals surface area contributed by atoms with Gasteiger partial charge in [-0.2, -0.15) is 0 Å². The van der Waals surface area contributed by atoms with Crippen LogP contribution in [-0.2, 0) is 0 Å². The number of rotatable bonds is 3.